The Labute approximate surface area is 92.8 Å². The van der Waals surface area contributed by atoms with Crippen molar-refractivity contribution in [1.82, 2.24) is 4.90 Å². The van der Waals surface area contributed by atoms with Crippen LogP contribution in [0.3, 0.4) is 0 Å². The minimum absolute atomic E-state index is 0.0314. The molecule has 2 N–H and O–H groups in total. The molecule has 1 amide bonds. The van der Waals surface area contributed by atoms with E-state index in [4.69, 9.17) is 10.5 Å². The highest BCUT2D eigenvalue weighted by Crippen LogP contribution is 2.06. The molecule has 15 heavy (non-hydrogen) atoms. The second kappa shape index (κ2) is 7.65. The Morgan fingerprint density at radius 3 is 2.40 bits per heavy atom. The molecule has 0 aliphatic rings. The highest BCUT2D eigenvalue weighted by molar-refractivity contribution is 5.81. The minimum atomic E-state index is -0.379. The quantitative estimate of drug-likeness (QED) is 0.690. The Morgan fingerprint density at radius 2 is 2.00 bits per heavy atom. The fourth-order valence-electron chi connectivity index (χ4n) is 1.35. The Balaban J connectivity index is 4.39. The molecule has 0 aromatic carbocycles. The third kappa shape index (κ3) is 4.62. The number of rotatable bonds is 7. The summed E-state index contributed by atoms with van der Waals surface area (Å²) in [6.45, 7) is 7.21. The van der Waals surface area contributed by atoms with E-state index in [0.29, 0.717) is 19.6 Å². The molecule has 0 aromatic heterocycles. The van der Waals surface area contributed by atoms with Crippen molar-refractivity contribution in [3.8, 4) is 0 Å². The molecule has 0 rings (SSSR count). The average Bonchev–Trinajstić information content (AvgIpc) is 2.27. The second-order valence-corrected chi connectivity index (χ2v) is 3.80. The summed E-state index contributed by atoms with van der Waals surface area (Å²) in [7, 11) is 1.64. The molecule has 4 nitrogen and oxygen atoms in total. The van der Waals surface area contributed by atoms with Crippen LogP contribution < -0.4 is 5.73 Å². The molecule has 0 saturated heterocycles. The SMILES string of the molecule is CCC(C)N(CCOC)C(=O)[C@H](N)CC. The van der Waals surface area contributed by atoms with E-state index in [9.17, 15) is 4.79 Å². The van der Waals surface area contributed by atoms with Gasteiger partial charge in [0.15, 0.2) is 0 Å². The first-order valence-corrected chi connectivity index (χ1v) is 5.63. The van der Waals surface area contributed by atoms with Crippen LogP contribution in [0.4, 0.5) is 0 Å². The van der Waals surface area contributed by atoms with Crippen LogP contribution in [-0.4, -0.2) is 43.2 Å². The minimum Gasteiger partial charge on any atom is -0.383 e. The van der Waals surface area contributed by atoms with Gasteiger partial charge in [0.2, 0.25) is 5.91 Å². The van der Waals surface area contributed by atoms with E-state index in [1.54, 1.807) is 7.11 Å². The first-order chi connectivity index (χ1) is 7.08. The molecule has 0 saturated carbocycles. The highest BCUT2D eigenvalue weighted by Gasteiger charge is 2.22. The largest absolute Gasteiger partial charge is 0.383 e. The Bertz CT molecular complexity index is 185. The van der Waals surface area contributed by atoms with Gasteiger partial charge in [-0.25, -0.2) is 0 Å². The summed E-state index contributed by atoms with van der Waals surface area (Å²) in [5.41, 5.74) is 5.75. The Kier molecular flexibility index (Phi) is 7.34. The van der Waals surface area contributed by atoms with Gasteiger partial charge in [0.25, 0.3) is 0 Å². The number of methoxy groups -OCH3 is 1. The smallest absolute Gasteiger partial charge is 0.239 e. The molecule has 0 radical (unpaired) electrons. The Morgan fingerprint density at radius 1 is 1.40 bits per heavy atom. The van der Waals surface area contributed by atoms with Gasteiger partial charge in [0.05, 0.1) is 12.6 Å². The summed E-state index contributed by atoms with van der Waals surface area (Å²) >= 11 is 0. The third-order valence-corrected chi connectivity index (χ3v) is 2.70. The molecule has 0 aliphatic carbocycles. The van der Waals surface area contributed by atoms with Gasteiger partial charge in [-0.3, -0.25) is 4.79 Å². The molecule has 0 heterocycles. The number of carbonyl (C=O) groups excluding carboxylic acids is 1. The van der Waals surface area contributed by atoms with Gasteiger partial charge in [-0.05, 0) is 19.8 Å². The molecular weight excluding hydrogens is 192 g/mol. The maximum Gasteiger partial charge on any atom is 0.239 e. The molecule has 0 fully saturated rings. The number of nitrogens with zero attached hydrogens (tertiary/aromatic N) is 1. The number of ether oxygens (including phenoxy) is 1. The van der Waals surface area contributed by atoms with Crippen molar-refractivity contribution in [3.05, 3.63) is 0 Å². The van der Waals surface area contributed by atoms with E-state index < -0.39 is 0 Å². The molecule has 0 bridgehead atoms. The summed E-state index contributed by atoms with van der Waals surface area (Å²) < 4.78 is 5.00. The van der Waals surface area contributed by atoms with Crippen LogP contribution in [0.2, 0.25) is 0 Å². The van der Waals surface area contributed by atoms with Gasteiger partial charge >= 0.3 is 0 Å². The monoisotopic (exact) mass is 216 g/mol. The molecule has 0 aliphatic heterocycles. The molecule has 4 heteroatoms. The predicted octanol–water partition coefficient (Wildman–Crippen LogP) is 0.997. The zero-order chi connectivity index (χ0) is 11.8. The van der Waals surface area contributed by atoms with Crippen LogP contribution >= 0.6 is 0 Å². The summed E-state index contributed by atoms with van der Waals surface area (Å²) in [5, 5.41) is 0. The second-order valence-electron chi connectivity index (χ2n) is 3.80. The lowest BCUT2D eigenvalue weighted by molar-refractivity contribution is -0.135. The van der Waals surface area contributed by atoms with Crippen molar-refractivity contribution in [3.63, 3.8) is 0 Å². The summed E-state index contributed by atoms with van der Waals surface area (Å²) in [6.07, 6.45) is 1.62. The first kappa shape index (κ1) is 14.4. The van der Waals surface area contributed by atoms with Gasteiger partial charge in [-0.2, -0.15) is 0 Å². The number of nitrogens with two attached hydrogens (primary N) is 1. The van der Waals surface area contributed by atoms with Gasteiger partial charge in [-0.1, -0.05) is 13.8 Å². The number of hydrogen-bond donors (Lipinski definition) is 1. The summed E-state index contributed by atoms with van der Waals surface area (Å²) in [6, 6.07) is -0.152. The van der Waals surface area contributed by atoms with E-state index in [2.05, 4.69) is 6.92 Å². The lowest BCUT2D eigenvalue weighted by atomic mass is 10.1. The van der Waals surface area contributed by atoms with Gasteiger partial charge < -0.3 is 15.4 Å². The van der Waals surface area contributed by atoms with Crippen molar-refractivity contribution in [1.29, 1.82) is 0 Å². The van der Waals surface area contributed by atoms with Crippen molar-refractivity contribution >= 4 is 5.91 Å². The molecule has 2 atom stereocenters. The van der Waals surface area contributed by atoms with Crippen LogP contribution in [0.5, 0.6) is 0 Å². The van der Waals surface area contributed by atoms with Crippen LogP contribution in [0.1, 0.15) is 33.6 Å². The van der Waals surface area contributed by atoms with E-state index in [1.807, 2.05) is 18.7 Å². The topological polar surface area (TPSA) is 55.6 Å². The summed E-state index contributed by atoms with van der Waals surface area (Å²) in [5.74, 6) is 0.0314. The van der Waals surface area contributed by atoms with E-state index in [1.165, 1.54) is 0 Å². The Hall–Kier alpha value is -0.610. The fraction of sp³-hybridized carbons (Fsp3) is 0.909. The van der Waals surface area contributed by atoms with Crippen LogP contribution in [-0.2, 0) is 9.53 Å². The lowest BCUT2D eigenvalue weighted by Gasteiger charge is -2.30. The van der Waals surface area contributed by atoms with Crippen molar-refractivity contribution in [2.75, 3.05) is 20.3 Å². The van der Waals surface area contributed by atoms with E-state index in [-0.39, 0.29) is 18.0 Å². The number of amides is 1. The van der Waals surface area contributed by atoms with Gasteiger partial charge in [0, 0.05) is 19.7 Å². The zero-order valence-electron chi connectivity index (χ0n) is 10.3. The molecule has 0 aromatic rings. The molecular formula is C11H24N2O2. The normalized spacial score (nSPS) is 14.7. The third-order valence-electron chi connectivity index (χ3n) is 2.70. The van der Waals surface area contributed by atoms with Crippen LogP contribution in [0, 0.1) is 0 Å². The zero-order valence-corrected chi connectivity index (χ0v) is 10.3. The maximum absolute atomic E-state index is 11.9. The molecule has 90 valence electrons. The lowest BCUT2D eigenvalue weighted by Crippen LogP contribution is -2.48. The predicted molar refractivity (Wildman–Crippen MR) is 61.6 cm³/mol. The standard InChI is InChI=1S/C11H24N2O2/c1-5-9(3)13(7-8-15-4)11(14)10(12)6-2/h9-10H,5-8,12H2,1-4H3/t9?,10-/m1/s1. The highest BCUT2D eigenvalue weighted by atomic mass is 16.5. The fourth-order valence-corrected chi connectivity index (χ4v) is 1.35. The maximum atomic E-state index is 11.9. The summed E-state index contributed by atoms with van der Waals surface area (Å²) in [4.78, 5) is 13.7. The van der Waals surface area contributed by atoms with Crippen molar-refractivity contribution in [2.24, 2.45) is 5.73 Å². The van der Waals surface area contributed by atoms with Crippen LogP contribution in [0.25, 0.3) is 0 Å². The number of hydrogen-bond acceptors (Lipinski definition) is 3. The first-order valence-electron chi connectivity index (χ1n) is 5.63. The van der Waals surface area contributed by atoms with E-state index in [0.717, 1.165) is 6.42 Å². The average molecular weight is 216 g/mol. The number of carbonyl (C=O) groups is 1. The van der Waals surface area contributed by atoms with Gasteiger partial charge in [-0.15, -0.1) is 0 Å². The van der Waals surface area contributed by atoms with Crippen molar-refractivity contribution in [2.45, 2.75) is 45.7 Å². The van der Waals surface area contributed by atoms with Crippen LogP contribution in [0.15, 0.2) is 0 Å². The molecule has 1 unspecified atom stereocenters. The molecule has 0 spiro atoms. The van der Waals surface area contributed by atoms with Gasteiger partial charge in [0.1, 0.15) is 0 Å². The van der Waals surface area contributed by atoms with E-state index >= 15 is 0 Å². The van der Waals surface area contributed by atoms with Crippen molar-refractivity contribution < 1.29 is 9.53 Å².